The number of likely N-dealkylation sites (N-methyl/N-ethyl adjacent to an activating group) is 1. The number of anilines is 1. The highest BCUT2D eigenvalue weighted by molar-refractivity contribution is 6.33. The van der Waals surface area contributed by atoms with E-state index < -0.39 is 0 Å². The van der Waals surface area contributed by atoms with E-state index in [1.165, 1.54) is 9.58 Å². The molecule has 0 unspecified atom stereocenters. The number of nitrogens with one attached hydrogen (secondary N) is 1. The van der Waals surface area contributed by atoms with Crippen LogP contribution in [0.25, 0.3) is 5.69 Å². The number of carbonyl (C=O) groups excluding carboxylic acids is 2. The first kappa shape index (κ1) is 20.6. The zero-order valence-electron chi connectivity index (χ0n) is 16.6. The van der Waals surface area contributed by atoms with Gasteiger partial charge in [-0.1, -0.05) is 54.9 Å². The Balaban J connectivity index is 1.75. The highest BCUT2D eigenvalue weighted by atomic mass is 35.5. The third kappa shape index (κ3) is 4.49. The van der Waals surface area contributed by atoms with Crippen LogP contribution >= 0.6 is 11.6 Å². The summed E-state index contributed by atoms with van der Waals surface area (Å²) in [6.45, 7) is 3.66. The topological polar surface area (TPSA) is 67.2 Å². The van der Waals surface area contributed by atoms with Gasteiger partial charge in [0, 0.05) is 12.7 Å². The van der Waals surface area contributed by atoms with E-state index in [-0.39, 0.29) is 23.5 Å². The summed E-state index contributed by atoms with van der Waals surface area (Å²) < 4.78 is 1.52. The molecule has 2 aromatic carbocycles. The second kappa shape index (κ2) is 8.92. The zero-order valence-corrected chi connectivity index (χ0v) is 17.4. The van der Waals surface area contributed by atoms with Gasteiger partial charge >= 0.3 is 0 Å². The molecule has 0 saturated carbocycles. The fourth-order valence-electron chi connectivity index (χ4n) is 3.10. The normalized spacial score (nSPS) is 10.6. The standard InChI is InChI=1S/C22H23ClN4O2/c1-4-16-10-8-9-13-18(16)24-19(28)14-26(3)22(29)20-15(2)25-27(21(20)23)17-11-6-5-7-12-17/h5-13H,4,14H2,1-3H3,(H,24,28). The van der Waals surface area contributed by atoms with E-state index in [0.29, 0.717) is 11.3 Å². The molecule has 3 rings (SSSR count). The van der Waals surface area contributed by atoms with E-state index in [1.54, 1.807) is 14.0 Å². The first-order valence-electron chi connectivity index (χ1n) is 9.36. The van der Waals surface area contributed by atoms with Crippen LogP contribution in [-0.4, -0.2) is 40.1 Å². The highest BCUT2D eigenvalue weighted by Crippen LogP contribution is 2.24. The summed E-state index contributed by atoms with van der Waals surface area (Å²) in [6, 6.07) is 17.0. The second-order valence-electron chi connectivity index (χ2n) is 6.72. The van der Waals surface area contributed by atoms with Crippen LogP contribution in [0.5, 0.6) is 0 Å². The Morgan fingerprint density at radius 1 is 1.10 bits per heavy atom. The average Bonchev–Trinajstić information content (AvgIpc) is 3.02. The largest absolute Gasteiger partial charge is 0.332 e. The SMILES string of the molecule is CCc1ccccc1NC(=O)CN(C)C(=O)c1c(C)nn(-c2ccccc2)c1Cl. The molecule has 0 aliphatic rings. The summed E-state index contributed by atoms with van der Waals surface area (Å²) in [5.41, 5.74) is 3.35. The molecular weight excluding hydrogens is 388 g/mol. The first-order valence-corrected chi connectivity index (χ1v) is 9.74. The molecule has 0 atom stereocenters. The zero-order chi connectivity index (χ0) is 21.0. The second-order valence-corrected chi connectivity index (χ2v) is 7.08. The van der Waals surface area contributed by atoms with E-state index in [1.807, 2.05) is 61.5 Å². The van der Waals surface area contributed by atoms with Gasteiger partial charge in [-0.05, 0) is 37.1 Å². The van der Waals surface area contributed by atoms with Gasteiger partial charge in [0.15, 0.2) is 0 Å². The molecular formula is C22H23ClN4O2. The number of carbonyl (C=O) groups is 2. The monoisotopic (exact) mass is 410 g/mol. The van der Waals surface area contributed by atoms with Crippen LogP contribution in [-0.2, 0) is 11.2 Å². The quantitative estimate of drug-likeness (QED) is 0.665. The molecule has 1 heterocycles. The van der Waals surface area contributed by atoms with Crippen molar-refractivity contribution in [3.63, 3.8) is 0 Å². The third-order valence-corrected chi connectivity index (χ3v) is 4.97. The Hall–Kier alpha value is -3.12. The molecule has 0 spiro atoms. The van der Waals surface area contributed by atoms with Crippen LogP contribution in [0.3, 0.4) is 0 Å². The van der Waals surface area contributed by atoms with Crippen molar-refractivity contribution in [2.45, 2.75) is 20.3 Å². The third-order valence-electron chi connectivity index (χ3n) is 4.62. The fraction of sp³-hybridized carbons (Fsp3) is 0.227. The van der Waals surface area contributed by atoms with Crippen LogP contribution in [0.1, 0.15) is 28.5 Å². The number of para-hydroxylation sites is 2. The van der Waals surface area contributed by atoms with Crippen molar-refractivity contribution in [2.75, 3.05) is 18.9 Å². The summed E-state index contributed by atoms with van der Waals surface area (Å²) in [7, 11) is 1.57. The Morgan fingerprint density at radius 3 is 2.45 bits per heavy atom. The van der Waals surface area contributed by atoms with Crippen molar-refractivity contribution in [1.82, 2.24) is 14.7 Å². The van der Waals surface area contributed by atoms with E-state index >= 15 is 0 Å². The molecule has 1 N–H and O–H groups in total. The van der Waals surface area contributed by atoms with Crippen LogP contribution in [0.15, 0.2) is 54.6 Å². The number of amides is 2. The van der Waals surface area contributed by atoms with Crippen LogP contribution in [0.4, 0.5) is 5.69 Å². The van der Waals surface area contributed by atoms with Gasteiger partial charge in [0.25, 0.3) is 5.91 Å². The Labute approximate surface area is 175 Å². The number of hydrogen-bond donors (Lipinski definition) is 1. The van der Waals surface area contributed by atoms with Crippen molar-refractivity contribution in [1.29, 1.82) is 0 Å². The van der Waals surface area contributed by atoms with Gasteiger partial charge in [-0.15, -0.1) is 0 Å². The molecule has 0 aliphatic heterocycles. The van der Waals surface area contributed by atoms with E-state index in [4.69, 9.17) is 11.6 Å². The summed E-state index contributed by atoms with van der Waals surface area (Å²) in [5.74, 6) is -0.625. The number of nitrogens with zero attached hydrogens (tertiary/aromatic N) is 3. The number of benzene rings is 2. The van der Waals surface area contributed by atoms with Gasteiger partial charge in [0.05, 0.1) is 23.5 Å². The van der Waals surface area contributed by atoms with Gasteiger partial charge in [-0.25, -0.2) is 4.68 Å². The molecule has 0 fully saturated rings. The van der Waals surface area contributed by atoms with E-state index in [0.717, 1.165) is 23.4 Å². The molecule has 7 heteroatoms. The molecule has 0 aliphatic carbocycles. The minimum Gasteiger partial charge on any atom is -0.332 e. The van der Waals surface area contributed by atoms with Crippen molar-refractivity contribution in [3.8, 4) is 5.69 Å². The lowest BCUT2D eigenvalue weighted by atomic mass is 10.1. The van der Waals surface area contributed by atoms with Gasteiger partial charge in [-0.3, -0.25) is 9.59 Å². The van der Waals surface area contributed by atoms with Crippen LogP contribution < -0.4 is 5.32 Å². The lowest BCUT2D eigenvalue weighted by molar-refractivity contribution is -0.116. The smallest absolute Gasteiger partial charge is 0.259 e. The summed E-state index contributed by atoms with van der Waals surface area (Å²) in [4.78, 5) is 26.8. The van der Waals surface area contributed by atoms with E-state index in [2.05, 4.69) is 10.4 Å². The van der Waals surface area contributed by atoms with Crippen molar-refractivity contribution >= 4 is 29.1 Å². The summed E-state index contributed by atoms with van der Waals surface area (Å²) in [6.07, 6.45) is 0.804. The molecule has 29 heavy (non-hydrogen) atoms. The van der Waals surface area contributed by atoms with Crippen LogP contribution in [0.2, 0.25) is 5.15 Å². The average molecular weight is 411 g/mol. The van der Waals surface area contributed by atoms with Gasteiger partial charge < -0.3 is 10.2 Å². The fourth-order valence-corrected chi connectivity index (χ4v) is 3.45. The molecule has 2 amide bonds. The Morgan fingerprint density at radius 2 is 1.76 bits per heavy atom. The maximum Gasteiger partial charge on any atom is 0.259 e. The summed E-state index contributed by atoms with van der Waals surface area (Å²) in [5, 5.41) is 7.49. The Kier molecular flexibility index (Phi) is 6.34. The molecule has 0 radical (unpaired) electrons. The molecule has 3 aromatic rings. The predicted molar refractivity (Wildman–Crippen MR) is 115 cm³/mol. The van der Waals surface area contributed by atoms with Gasteiger partial charge in [0.1, 0.15) is 5.15 Å². The lowest BCUT2D eigenvalue weighted by Gasteiger charge is -2.17. The van der Waals surface area contributed by atoms with E-state index in [9.17, 15) is 9.59 Å². The number of rotatable bonds is 6. The highest BCUT2D eigenvalue weighted by Gasteiger charge is 2.25. The molecule has 0 saturated heterocycles. The summed E-state index contributed by atoms with van der Waals surface area (Å²) >= 11 is 6.46. The number of aromatic nitrogens is 2. The van der Waals surface area contributed by atoms with Crippen molar-refractivity contribution in [3.05, 3.63) is 76.6 Å². The minimum absolute atomic E-state index is 0.0941. The lowest BCUT2D eigenvalue weighted by Crippen LogP contribution is -2.35. The first-order chi connectivity index (χ1) is 13.9. The molecule has 150 valence electrons. The number of hydrogen-bond acceptors (Lipinski definition) is 3. The minimum atomic E-state index is -0.353. The molecule has 0 bridgehead atoms. The van der Waals surface area contributed by atoms with Crippen molar-refractivity contribution < 1.29 is 9.59 Å². The number of halogens is 1. The Bertz CT molecular complexity index is 1030. The van der Waals surface area contributed by atoms with Gasteiger partial charge in [-0.2, -0.15) is 5.10 Å². The van der Waals surface area contributed by atoms with Crippen molar-refractivity contribution in [2.24, 2.45) is 0 Å². The maximum absolute atomic E-state index is 13.0. The molecule has 6 nitrogen and oxygen atoms in total. The molecule has 1 aromatic heterocycles. The number of aryl methyl sites for hydroxylation is 2. The van der Waals surface area contributed by atoms with Gasteiger partial charge in [0.2, 0.25) is 5.91 Å². The maximum atomic E-state index is 13.0. The predicted octanol–water partition coefficient (Wildman–Crippen LogP) is 4.11. The van der Waals surface area contributed by atoms with Crippen LogP contribution in [0, 0.1) is 6.92 Å².